The second-order valence-electron chi connectivity index (χ2n) is 3.63. The Labute approximate surface area is 106 Å². The number of anilines is 1. The summed E-state index contributed by atoms with van der Waals surface area (Å²) in [6, 6.07) is 3.38. The standard InChI is InChI=1S/C11H10FN3O2S/c1-7-14-8(6-18-7)5-13-11-4-9(15(16)17)2-3-10(11)12/h2-4,6,13H,5H2,1H3. The summed E-state index contributed by atoms with van der Waals surface area (Å²) in [6.07, 6.45) is 0. The fourth-order valence-electron chi connectivity index (χ4n) is 1.44. The molecule has 0 saturated carbocycles. The van der Waals surface area contributed by atoms with Gasteiger partial charge in [0.05, 0.1) is 27.9 Å². The van der Waals surface area contributed by atoms with Crippen LogP contribution in [-0.4, -0.2) is 9.91 Å². The molecule has 1 aromatic heterocycles. The number of aromatic nitrogens is 1. The minimum absolute atomic E-state index is 0.106. The van der Waals surface area contributed by atoms with Gasteiger partial charge < -0.3 is 5.32 Å². The Kier molecular flexibility index (Phi) is 3.52. The van der Waals surface area contributed by atoms with E-state index in [0.29, 0.717) is 6.54 Å². The lowest BCUT2D eigenvalue weighted by atomic mass is 10.2. The number of benzene rings is 1. The van der Waals surface area contributed by atoms with Crippen LogP contribution in [0.4, 0.5) is 15.8 Å². The van der Waals surface area contributed by atoms with Crippen LogP contribution in [0.5, 0.6) is 0 Å². The van der Waals surface area contributed by atoms with E-state index in [0.717, 1.165) is 22.8 Å². The molecule has 1 N–H and O–H groups in total. The number of rotatable bonds is 4. The van der Waals surface area contributed by atoms with Gasteiger partial charge in [-0.25, -0.2) is 9.37 Å². The number of hydrogen-bond donors (Lipinski definition) is 1. The summed E-state index contributed by atoms with van der Waals surface area (Å²) in [5.74, 6) is -0.521. The van der Waals surface area contributed by atoms with Crippen molar-refractivity contribution in [3.05, 3.63) is 50.2 Å². The maximum absolute atomic E-state index is 13.4. The molecule has 1 aromatic carbocycles. The first-order valence-corrected chi connectivity index (χ1v) is 6.03. The number of non-ortho nitro benzene ring substituents is 1. The van der Waals surface area contributed by atoms with Crippen LogP contribution in [0.15, 0.2) is 23.6 Å². The number of aryl methyl sites for hydroxylation is 1. The molecule has 2 aromatic rings. The van der Waals surface area contributed by atoms with Gasteiger partial charge in [0, 0.05) is 17.5 Å². The summed E-state index contributed by atoms with van der Waals surface area (Å²) >= 11 is 1.50. The van der Waals surface area contributed by atoms with Crippen LogP contribution in [0.25, 0.3) is 0 Å². The average Bonchev–Trinajstić information content (AvgIpc) is 2.74. The van der Waals surface area contributed by atoms with E-state index in [-0.39, 0.29) is 11.4 Å². The zero-order chi connectivity index (χ0) is 13.1. The van der Waals surface area contributed by atoms with Crippen LogP contribution >= 0.6 is 11.3 Å². The Hall–Kier alpha value is -2.02. The lowest BCUT2D eigenvalue weighted by Crippen LogP contribution is -2.02. The number of nitro benzene ring substituents is 1. The van der Waals surface area contributed by atoms with Gasteiger partial charge in [-0.3, -0.25) is 10.1 Å². The number of thiazole rings is 1. The fraction of sp³-hybridized carbons (Fsp3) is 0.182. The molecule has 0 spiro atoms. The second kappa shape index (κ2) is 5.09. The van der Waals surface area contributed by atoms with Gasteiger partial charge in [0.25, 0.3) is 5.69 Å². The number of hydrogen-bond acceptors (Lipinski definition) is 5. The van der Waals surface area contributed by atoms with Crippen LogP contribution in [0.3, 0.4) is 0 Å². The number of halogens is 1. The van der Waals surface area contributed by atoms with Crippen LogP contribution in [-0.2, 0) is 6.54 Å². The van der Waals surface area contributed by atoms with E-state index < -0.39 is 10.7 Å². The highest BCUT2D eigenvalue weighted by Gasteiger charge is 2.10. The van der Waals surface area contributed by atoms with Crippen LogP contribution in [0, 0.1) is 22.9 Å². The summed E-state index contributed by atoms with van der Waals surface area (Å²) in [5, 5.41) is 16.2. The maximum atomic E-state index is 13.4. The van der Waals surface area contributed by atoms with Gasteiger partial charge in [-0.2, -0.15) is 0 Å². The molecule has 0 fully saturated rings. The number of nitrogens with one attached hydrogen (secondary N) is 1. The highest BCUT2D eigenvalue weighted by Crippen LogP contribution is 2.22. The van der Waals surface area contributed by atoms with Crippen molar-refractivity contribution in [2.24, 2.45) is 0 Å². The number of nitro groups is 1. The van der Waals surface area contributed by atoms with Gasteiger partial charge in [0.1, 0.15) is 5.82 Å². The molecule has 94 valence electrons. The lowest BCUT2D eigenvalue weighted by Gasteiger charge is -2.05. The third-order valence-electron chi connectivity index (χ3n) is 2.29. The topological polar surface area (TPSA) is 68.1 Å². The highest BCUT2D eigenvalue weighted by molar-refractivity contribution is 7.09. The zero-order valence-electron chi connectivity index (χ0n) is 9.51. The van der Waals surface area contributed by atoms with Crippen molar-refractivity contribution in [1.29, 1.82) is 0 Å². The van der Waals surface area contributed by atoms with Crippen molar-refractivity contribution >= 4 is 22.7 Å². The van der Waals surface area contributed by atoms with Gasteiger partial charge in [-0.1, -0.05) is 0 Å². The monoisotopic (exact) mass is 267 g/mol. The lowest BCUT2D eigenvalue weighted by molar-refractivity contribution is -0.384. The summed E-state index contributed by atoms with van der Waals surface area (Å²) < 4.78 is 13.4. The van der Waals surface area contributed by atoms with Crippen molar-refractivity contribution < 1.29 is 9.31 Å². The predicted octanol–water partition coefficient (Wildman–Crippen LogP) is 3.11. The maximum Gasteiger partial charge on any atom is 0.271 e. The molecule has 7 heteroatoms. The van der Waals surface area contributed by atoms with Crippen molar-refractivity contribution in [1.82, 2.24) is 4.98 Å². The van der Waals surface area contributed by atoms with Crippen LogP contribution < -0.4 is 5.32 Å². The van der Waals surface area contributed by atoms with E-state index in [9.17, 15) is 14.5 Å². The third kappa shape index (κ3) is 2.80. The van der Waals surface area contributed by atoms with Crippen molar-refractivity contribution in [3.8, 4) is 0 Å². The van der Waals surface area contributed by atoms with Crippen molar-refractivity contribution in [3.63, 3.8) is 0 Å². The Bertz CT molecular complexity index is 585. The van der Waals surface area contributed by atoms with E-state index in [1.165, 1.54) is 17.4 Å². The Morgan fingerprint density at radius 2 is 2.33 bits per heavy atom. The summed E-state index contributed by atoms with van der Waals surface area (Å²) in [6.45, 7) is 2.21. The molecule has 0 saturated heterocycles. The van der Waals surface area contributed by atoms with Crippen molar-refractivity contribution in [2.45, 2.75) is 13.5 Å². The first kappa shape index (κ1) is 12.4. The van der Waals surface area contributed by atoms with Gasteiger partial charge in [0.15, 0.2) is 0 Å². The molecule has 5 nitrogen and oxygen atoms in total. The zero-order valence-corrected chi connectivity index (χ0v) is 10.3. The fourth-order valence-corrected chi connectivity index (χ4v) is 2.05. The average molecular weight is 267 g/mol. The minimum Gasteiger partial charge on any atom is -0.377 e. The second-order valence-corrected chi connectivity index (χ2v) is 4.69. The van der Waals surface area contributed by atoms with E-state index >= 15 is 0 Å². The van der Waals surface area contributed by atoms with Crippen LogP contribution in [0.1, 0.15) is 10.7 Å². The van der Waals surface area contributed by atoms with Gasteiger partial charge in [-0.05, 0) is 13.0 Å². The first-order valence-electron chi connectivity index (χ1n) is 5.15. The molecule has 0 aliphatic rings. The summed E-state index contributed by atoms with van der Waals surface area (Å²) in [5.41, 5.74) is 0.742. The smallest absolute Gasteiger partial charge is 0.271 e. The summed E-state index contributed by atoms with van der Waals surface area (Å²) in [4.78, 5) is 14.2. The van der Waals surface area contributed by atoms with E-state index in [1.807, 2.05) is 12.3 Å². The molecule has 0 aliphatic carbocycles. The Balaban J connectivity index is 2.13. The van der Waals surface area contributed by atoms with E-state index in [4.69, 9.17) is 0 Å². The largest absolute Gasteiger partial charge is 0.377 e. The molecule has 0 aliphatic heterocycles. The molecule has 0 unspecified atom stereocenters. The highest BCUT2D eigenvalue weighted by atomic mass is 32.1. The summed E-state index contributed by atoms with van der Waals surface area (Å²) in [7, 11) is 0. The minimum atomic E-state index is -0.558. The Morgan fingerprint density at radius 3 is 2.94 bits per heavy atom. The first-order chi connectivity index (χ1) is 8.56. The van der Waals surface area contributed by atoms with E-state index in [1.54, 1.807) is 0 Å². The Morgan fingerprint density at radius 1 is 1.56 bits per heavy atom. The van der Waals surface area contributed by atoms with E-state index in [2.05, 4.69) is 10.3 Å². The predicted molar refractivity (Wildman–Crippen MR) is 67.2 cm³/mol. The normalized spacial score (nSPS) is 10.3. The van der Waals surface area contributed by atoms with Crippen molar-refractivity contribution in [2.75, 3.05) is 5.32 Å². The van der Waals surface area contributed by atoms with Crippen LogP contribution in [0.2, 0.25) is 0 Å². The molecule has 1 heterocycles. The molecule has 18 heavy (non-hydrogen) atoms. The van der Waals surface area contributed by atoms with Gasteiger partial charge in [-0.15, -0.1) is 11.3 Å². The van der Waals surface area contributed by atoms with Gasteiger partial charge in [0.2, 0.25) is 0 Å². The quantitative estimate of drug-likeness (QED) is 0.682. The molecule has 0 radical (unpaired) electrons. The number of nitrogens with zero attached hydrogens (tertiary/aromatic N) is 2. The molecule has 2 rings (SSSR count). The molecular weight excluding hydrogens is 257 g/mol. The molecule has 0 atom stereocenters. The SMILES string of the molecule is Cc1nc(CNc2cc([N+](=O)[O-])ccc2F)cs1. The third-order valence-corrected chi connectivity index (χ3v) is 3.11. The molecule has 0 amide bonds. The molecule has 0 bridgehead atoms. The molecular formula is C11H10FN3O2S. The van der Waals surface area contributed by atoms with Gasteiger partial charge >= 0.3 is 0 Å².